The van der Waals surface area contributed by atoms with E-state index in [-0.39, 0.29) is 22.4 Å². The summed E-state index contributed by atoms with van der Waals surface area (Å²) in [4.78, 5) is 36.0. The molecule has 0 unspecified atom stereocenters. The molecule has 1 amide bonds. The summed E-state index contributed by atoms with van der Waals surface area (Å²) >= 11 is 0. The molecule has 0 aliphatic carbocycles. The third-order valence-corrected chi connectivity index (χ3v) is 3.89. The van der Waals surface area contributed by atoms with Crippen molar-refractivity contribution in [1.29, 1.82) is 0 Å². The second-order valence-electron chi connectivity index (χ2n) is 5.50. The zero-order chi connectivity index (χ0) is 19.6. The topological polar surface area (TPSA) is 115 Å². The molecule has 138 valence electrons. The van der Waals surface area contributed by atoms with Crippen molar-refractivity contribution in [3.05, 3.63) is 64.0 Å². The number of carbonyl (C=O) groups excluding carboxylic acids is 1. The lowest BCUT2D eigenvalue weighted by atomic mass is 10.1. The molecule has 0 aliphatic heterocycles. The molecule has 0 spiro atoms. The fraction of sp³-hybridized carbons (Fsp3) is 0.105. The van der Waals surface area contributed by atoms with Crippen LogP contribution in [0.5, 0.6) is 11.5 Å². The normalized spacial score (nSPS) is 10.4. The molecule has 0 atom stereocenters. The van der Waals surface area contributed by atoms with E-state index in [0.717, 1.165) is 0 Å². The third-order valence-electron chi connectivity index (χ3n) is 3.89. The van der Waals surface area contributed by atoms with Gasteiger partial charge in [-0.1, -0.05) is 12.1 Å². The van der Waals surface area contributed by atoms with Gasteiger partial charge in [-0.25, -0.2) is 9.59 Å². The number of amides is 1. The molecule has 0 bridgehead atoms. The number of hydrogen-bond acceptors (Lipinski definition) is 6. The summed E-state index contributed by atoms with van der Waals surface area (Å²) in [6, 6.07) is 10.3. The van der Waals surface area contributed by atoms with Crippen molar-refractivity contribution >= 4 is 28.5 Å². The van der Waals surface area contributed by atoms with E-state index in [9.17, 15) is 19.5 Å². The van der Waals surface area contributed by atoms with Crippen LogP contribution in [0.3, 0.4) is 0 Å². The summed E-state index contributed by atoms with van der Waals surface area (Å²) in [5, 5.41) is 12.1. The Morgan fingerprint density at radius 2 is 1.67 bits per heavy atom. The van der Waals surface area contributed by atoms with E-state index < -0.39 is 17.5 Å². The summed E-state index contributed by atoms with van der Waals surface area (Å²) in [7, 11) is 2.91. The molecule has 0 fully saturated rings. The summed E-state index contributed by atoms with van der Waals surface area (Å²) in [5.74, 6) is -1.20. The molecule has 1 heterocycles. The van der Waals surface area contributed by atoms with Gasteiger partial charge in [-0.3, -0.25) is 4.79 Å². The summed E-state index contributed by atoms with van der Waals surface area (Å²) < 4.78 is 15.6. The van der Waals surface area contributed by atoms with Gasteiger partial charge in [0.2, 0.25) is 0 Å². The van der Waals surface area contributed by atoms with Crippen LogP contribution in [0.25, 0.3) is 11.0 Å². The van der Waals surface area contributed by atoms with Crippen LogP contribution in [0, 0.1) is 0 Å². The van der Waals surface area contributed by atoms with Gasteiger partial charge < -0.3 is 24.3 Å². The molecule has 3 rings (SSSR count). The Morgan fingerprint density at radius 1 is 1.00 bits per heavy atom. The molecule has 2 N–H and O–H groups in total. The molecular formula is C19H15NO7. The molecule has 0 radical (unpaired) electrons. The number of carboxylic acids is 1. The highest BCUT2D eigenvalue weighted by atomic mass is 16.5. The van der Waals surface area contributed by atoms with Crippen LogP contribution in [-0.2, 0) is 0 Å². The van der Waals surface area contributed by atoms with Crippen molar-refractivity contribution in [2.75, 3.05) is 19.5 Å². The van der Waals surface area contributed by atoms with E-state index in [1.807, 2.05) is 0 Å². The van der Waals surface area contributed by atoms with Crippen molar-refractivity contribution in [3.63, 3.8) is 0 Å². The first-order chi connectivity index (χ1) is 12.9. The maximum Gasteiger partial charge on any atom is 0.349 e. The summed E-state index contributed by atoms with van der Waals surface area (Å²) in [6.45, 7) is 0. The van der Waals surface area contributed by atoms with E-state index in [1.165, 1.54) is 44.6 Å². The fourth-order valence-electron chi connectivity index (χ4n) is 2.57. The second kappa shape index (κ2) is 7.20. The maximum atomic E-state index is 12.5. The van der Waals surface area contributed by atoms with Crippen LogP contribution in [-0.4, -0.2) is 31.2 Å². The lowest BCUT2D eigenvalue weighted by Gasteiger charge is -2.10. The van der Waals surface area contributed by atoms with Gasteiger partial charge in [-0.2, -0.15) is 0 Å². The number of hydrogen-bond donors (Lipinski definition) is 2. The zero-order valence-corrected chi connectivity index (χ0v) is 14.4. The number of nitrogens with one attached hydrogen (secondary N) is 1. The summed E-state index contributed by atoms with van der Waals surface area (Å²) in [5.41, 5.74) is -0.931. The largest absolute Gasteiger partial charge is 0.493 e. The minimum Gasteiger partial charge on any atom is -0.493 e. The Hall–Kier alpha value is -3.81. The Kier molecular flexibility index (Phi) is 4.80. The number of rotatable bonds is 5. The number of methoxy groups -OCH3 is 2. The molecular weight excluding hydrogens is 354 g/mol. The standard InChI is InChI=1S/C19H15NO7/c1-25-15-8-10-7-12(19(24)27-14(10)9-16(15)26-2)17(21)20-13-6-4-3-5-11(13)18(22)23/h3-9H,1-2H3,(H,20,21)(H,22,23). The van der Waals surface area contributed by atoms with Gasteiger partial charge in [0.15, 0.2) is 11.5 Å². The van der Waals surface area contributed by atoms with Crippen LogP contribution < -0.4 is 20.4 Å². The number of ether oxygens (including phenoxy) is 2. The van der Waals surface area contributed by atoms with E-state index in [4.69, 9.17) is 13.9 Å². The SMILES string of the molecule is COc1cc2cc(C(=O)Nc3ccccc3C(=O)O)c(=O)oc2cc1OC. The molecule has 8 heteroatoms. The first-order valence-corrected chi connectivity index (χ1v) is 7.78. The van der Waals surface area contributed by atoms with E-state index in [0.29, 0.717) is 16.9 Å². The maximum absolute atomic E-state index is 12.5. The predicted octanol–water partition coefficient (Wildman–Crippen LogP) is 2.76. The van der Waals surface area contributed by atoms with Gasteiger partial charge in [-0.05, 0) is 24.3 Å². The molecule has 3 aromatic rings. The van der Waals surface area contributed by atoms with Crippen molar-refractivity contribution in [3.8, 4) is 11.5 Å². The van der Waals surface area contributed by atoms with E-state index in [1.54, 1.807) is 12.1 Å². The van der Waals surface area contributed by atoms with Crippen molar-refractivity contribution < 1.29 is 28.6 Å². The Morgan fingerprint density at radius 3 is 2.33 bits per heavy atom. The molecule has 0 saturated carbocycles. The minimum absolute atomic E-state index is 0.0711. The van der Waals surface area contributed by atoms with Crippen LogP contribution in [0.1, 0.15) is 20.7 Å². The summed E-state index contributed by atoms with van der Waals surface area (Å²) in [6.07, 6.45) is 0. The molecule has 0 saturated heterocycles. The molecule has 8 nitrogen and oxygen atoms in total. The van der Waals surface area contributed by atoms with Gasteiger partial charge in [-0.15, -0.1) is 0 Å². The monoisotopic (exact) mass is 369 g/mol. The molecule has 27 heavy (non-hydrogen) atoms. The fourth-order valence-corrected chi connectivity index (χ4v) is 2.57. The molecule has 2 aromatic carbocycles. The first-order valence-electron chi connectivity index (χ1n) is 7.78. The van der Waals surface area contributed by atoms with E-state index in [2.05, 4.69) is 5.32 Å². The highest BCUT2D eigenvalue weighted by molar-refractivity contribution is 6.08. The van der Waals surface area contributed by atoms with Gasteiger partial charge in [0.05, 0.1) is 25.5 Å². The van der Waals surface area contributed by atoms with Gasteiger partial charge in [0.25, 0.3) is 5.91 Å². The Bertz CT molecular complexity index is 1100. The lowest BCUT2D eigenvalue weighted by molar-refractivity contribution is 0.0698. The highest BCUT2D eigenvalue weighted by Gasteiger charge is 2.18. The van der Waals surface area contributed by atoms with Gasteiger partial charge >= 0.3 is 11.6 Å². The number of fused-ring (bicyclic) bond motifs is 1. The van der Waals surface area contributed by atoms with Gasteiger partial charge in [0, 0.05) is 11.5 Å². The van der Waals surface area contributed by atoms with Crippen LogP contribution in [0.4, 0.5) is 5.69 Å². The van der Waals surface area contributed by atoms with Crippen molar-refractivity contribution in [1.82, 2.24) is 0 Å². The number of benzene rings is 2. The smallest absolute Gasteiger partial charge is 0.349 e. The number of carboxylic acid groups (broad SMARTS) is 1. The average Bonchev–Trinajstić information content (AvgIpc) is 2.66. The van der Waals surface area contributed by atoms with Crippen LogP contribution >= 0.6 is 0 Å². The average molecular weight is 369 g/mol. The first kappa shape index (κ1) is 18.0. The minimum atomic E-state index is -1.20. The highest BCUT2D eigenvalue weighted by Crippen LogP contribution is 2.31. The van der Waals surface area contributed by atoms with Gasteiger partial charge in [0.1, 0.15) is 11.1 Å². The van der Waals surface area contributed by atoms with E-state index >= 15 is 0 Å². The number of anilines is 1. The zero-order valence-electron chi connectivity index (χ0n) is 14.4. The predicted molar refractivity (Wildman–Crippen MR) is 96.9 cm³/mol. The second-order valence-corrected chi connectivity index (χ2v) is 5.50. The lowest BCUT2D eigenvalue weighted by Crippen LogP contribution is -2.21. The van der Waals surface area contributed by atoms with Crippen LogP contribution in [0.15, 0.2) is 51.7 Å². The third kappa shape index (κ3) is 3.45. The molecule has 0 aliphatic rings. The Labute approximate surface area is 152 Å². The number of aromatic carboxylic acids is 1. The quantitative estimate of drug-likeness (QED) is 0.665. The van der Waals surface area contributed by atoms with Crippen molar-refractivity contribution in [2.24, 2.45) is 0 Å². The van der Waals surface area contributed by atoms with Crippen molar-refractivity contribution in [2.45, 2.75) is 0 Å². The Balaban J connectivity index is 2.04. The molecule has 1 aromatic heterocycles. The number of para-hydroxylation sites is 1. The van der Waals surface area contributed by atoms with Crippen LogP contribution in [0.2, 0.25) is 0 Å². The number of carbonyl (C=O) groups is 2.